The van der Waals surface area contributed by atoms with Crippen molar-refractivity contribution in [1.82, 2.24) is 40.1 Å². The maximum absolute atomic E-state index is 12.9. The summed E-state index contributed by atoms with van der Waals surface area (Å²) in [6, 6.07) is 5.61. The Morgan fingerprint density at radius 3 is 2.78 bits per heavy atom. The van der Waals surface area contributed by atoms with Crippen LogP contribution in [-0.2, 0) is 17.9 Å². The van der Waals surface area contributed by atoms with E-state index in [1.54, 1.807) is 26.0 Å². The fourth-order valence-electron chi connectivity index (χ4n) is 3.77. The zero-order valence-corrected chi connectivity index (χ0v) is 19.0. The molecule has 0 bridgehead atoms. The number of nitrogens with zero attached hydrogens (tertiary/aromatic N) is 8. The highest BCUT2D eigenvalue weighted by Crippen LogP contribution is 2.19. The third kappa shape index (κ3) is 5.38. The fourth-order valence-corrected chi connectivity index (χ4v) is 3.97. The first-order valence-corrected chi connectivity index (χ1v) is 10.8. The van der Waals surface area contributed by atoms with Crippen molar-refractivity contribution in [3.05, 3.63) is 58.0 Å². The summed E-state index contributed by atoms with van der Waals surface area (Å²) in [4.78, 5) is 22.8. The second-order valence-electron chi connectivity index (χ2n) is 7.89. The average molecular weight is 457 g/mol. The summed E-state index contributed by atoms with van der Waals surface area (Å²) in [7, 11) is 0. The van der Waals surface area contributed by atoms with Crippen molar-refractivity contribution in [1.29, 1.82) is 0 Å². The number of hydrogen-bond acceptors (Lipinski definition) is 8. The molecule has 3 aromatic rings. The van der Waals surface area contributed by atoms with Crippen LogP contribution in [0, 0.1) is 13.8 Å². The van der Waals surface area contributed by atoms with Crippen LogP contribution in [0.2, 0.25) is 5.02 Å². The number of carbonyl (C=O) groups is 1. The van der Waals surface area contributed by atoms with Crippen LogP contribution in [0.3, 0.4) is 0 Å². The van der Waals surface area contributed by atoms with E-state index in [4.69, 9.17) is 16.1 Å². The Morgan fingerprint density at radius 1 is 1.25 bits per heavy atom. The Balaban J connectivity index is 1.40. The Morgan fingerprint density at radius 2 is 2.09 bits per heavy atom. The number of benzene rings is 1. The molecule has 3 heterocycles. The van der Waals surface area contributed by atoms with Gasteiger partial charge in [0.1, 0.15) is 0 Å². The minimum absolute atomic E-state index is 0.0265. The molecule has 1 aliphatic heterocycles. The SMILES string of the molecule is Cc1noc(CN2CCN(C(=O)C=Cc3ccc(Cl)cc3Cn3nnc(C)n3)[C@H](C)C2)n1. The van der Waals surface area contributed by atoms with Gasteiger partial charge in [-0.3, -0.25) is 9.69 Å². The Bertz CT molecular complexity index is 1120. The smallest absolute Gasteiger partial charge is 0.246 e. The van der Waals surface area contributed by atoms with Gasteiger partial charge in [0.05, 0.1) is 13.1 Å². The maximum atomic E-state index is 12.9. The van der Waals surface area contributed by atoms with E-state index in [0.29, 0.717) is 42.2 Å². The van der Waals surface area contributed by atoms with Crippen LogP contribution in [0.1, 0.15) is 35.6 Å². The third-order valence-electron chi connectivity index (χ3n) is 5.30. The van der Waals surface area contributed by atoms with Crippen LogP contribution in [0.4, 0.5) is 0 Å². The van der Waals surface area contributed by atoms with Gasteiger partial charge in [0.15, 0.2) is 11.6 Å². The van der Waals surface area contributed by atoms with Crippen molar-refractivity contribution >= 4 is 23.6 Å². The van der Waals surface area contributed by atoms with Crippen molar-refractivity contribution in [2.45, 2.75) is 39.9 Å². The number of halogens is 1. The summed E-state index contributed by atoms with van der Waals surface area (Å²) in [5.74, 6) is 1.80. The van der Waals surface area contributed by atoms with Crippen LogP contribution in [0.25, 0.3) is 6.08 Å². The lowest BCUT2D eigenvalue weighted by Gasteiger charge is -2.38. The molecule has 1 amide bonds. The number of aryl methyl sites for hydroxylation is 2. The molecule has 0 spiro atoms. The van der Waals surface area contributed by atoms with Gasteiger partial charge < -0.3 is 9.42 Å². The highest BCUT2D eigenvalue weighted by molar-refractivity contribution is 6.30. The Labute approximate surface area is 190 Å². The number of aromatic nitrogens is 6. The molecule has 0 aliphatic carbocycles. The lowest BCUT2D eigenvalue weighted by Crippen LogP contribution is -2.53. The lowest BCUT2D eigenvalue weighted by molar-refractivity contribution is -0.130. The number of piperazine rings is 1. The molecule has 32 heavy (non-hydrogen) atoms. The number of amides is 1. The number of carbonyl (C=O) groups excluding carboxylic acids is 1. The molecular formula is C21H25ClN8O2. The van der Waals surface area contributed by atoms with Gasteiger partial charge in [-0.2, -0.15) is 9.78 Å². The van der Waals surface area contributed by atoms with E-state index in [2.05, 4.69) is 30.5 Å². The Hall–Kier alpha value is -3.11. The van der Waals surface area contributed by atoms with Crippen LogP contribution in [0.5, 0.6) is 0 Å². The van der Waals surface area contributed by atoms with Gasteiger partial charge in [0.2, 0.25) is 11.8 Å². The van der Waals surface area contributed by atoms with Gasteiger partial charge in [0.25, 0.3) is 0 Å². The highest BCUT2D eigenvalue weighted by Gasteiger charge is 2.27. The molecule has 168 valence electrons. The van der Waals surface area contributed by atoms with Gasteiger partial charge in [-0.1, -0.05) is 22.8 Å². The summed E-state index contributed by atoms with van der Waals surface area (Å²) in [6.45, 7) is 8.75. The van der Waals surface area contributed by atoms with E-state index in [9.17, 15) is 4.79 Å². The zero-order valence-electron chi connectivity index (χ0n) is 18.3. The summed E-state index contributed by atoms with van der Waals surface area (Å²) in [6.07, 6.45) is 3.43. The molecule has 0 N–H and O–H groups in total. The summed E-state index contributed by atoms with van der Waals surface area (Å²) in [5, 5.41) is 16.6. The molecular weight excluding hydrogens is 432 g/mol. The van der Waals surface area contributed by atoms with Gasteiger partial charge in [-0.25, -0.2) is 0 Å². The molecule has 1 fully saturated rings. The first kappa shape index (κ1) is 22.1. The lowest BCUT2D eigenvalue weighted by atomic mass is 10.1. The minimum Gasteiger partial charge on any atom is -0.338 e. The number of rotatable bonds is 6. The van der Waals surface area contributed by atoms with E-state index >= 15 is 0 Å². The van der Waals surface area contributed by atoms with Crippen LogP contribution in [0.15, 0.2) is 28.8 Å². The molecule has 0 radical (unpaired) electrons. The van der Waals surface area contributed by atoms with Crippen LogP contribution in [-0.4, -0.2) is 71.7 Å². The van der Waals surface area contributed by atoms with E-state index in [1.807, 2.05) is 30.0 Å². The van der Waals surface area contributed by atoms with Gasteiger partial charge >= 0.3 is 0 Å². The summed E-state index contributed by atoms with van der Waals surface area (Å²) < 4.78 is 5.21. The third-order valence-corrected chi connectivity index (χ3v) is 5.53. The molecule has 2 aromatic heterocycles. The van der Waals surface area contributed by atoms with Crippen molar-refractivity contribution in [2.75, 3.05) is 19.6 Å². The quantitative estimate of drug-likeness (QED) is 0.519. The Kier molecular flexibility index (Phi) is 6.61. The first-order valence-electron chi connectivity index (χ1n) is 10.4. The first-order chi connectivity index (χ1) is 15.4. The normalized spacial score (nSPS) is 17.4. The zero-order chi connectivity index (χ0) is 22.7. The van der Waals surface area contributed by atoms with Crippen molar-refractivity contribution in [3.8, 4) is 0 Å². The summed E-state index contributed by atoms with van der Waals surface area (Å²) >= 11 is 6.18. The molecule has 1 saturated heterocycles. The van der Waals surface area contributed by atoms with E-state index < -0.39 is 0 Å². The van der Waals surface area contributed by atoms with Crippen molar-refractivity contribution < 1.29 is 9.32 Å². The second-order valence-corrected chi connectivity index (χ2v) is 8.33. The topological polar surface area (TPSA) is 106 Å². The monoisotopic (exact) mass is 456 g/mol. The predicted molar refractivity (Wildman–Crippen MR) is 118 cm³/mol. The fraction of sp³-hybridized carbons (Fsp3) is 0.429. The molecule has 1 atom stereocenters. The highest BCUT2D eigenvalue weighted by atomic mass is 35.5. The van der Waals surface area contributed by atoms with E-state index in [1.165, 1.54) is 4.80 Å². The van der Waals surface area contributed by atoms with Crippen molar-refractivity contribution in [3.63, 3.8) is 0 Å². The minimum atomic E-state index is -0.0265. The maximum Gasteiger partial charge on any atom is 0.246 e. The molecule has 0 saturated carbocycles. The molecule has 1 aromatic carbocycles. The largest absolute Gasteiger partial charge is 0.338 e. The van der Waals surface area contributed by atoms with Gasteiger partial charge in [-0.15, -0.1) is 10.2 Å². The molecule has 4 rings (SSSR count). The average Bonchev–Trinajstić information content (AvgIpc) is 3.34. The number of hydrogen-bond donors (Lipinski definition) is 0. The predicted octanol–water partition coefficient (Wildman–Crippen LogP) is 2.12. The van der Waals surface area contributed by atoms with Crippen molar-refractivity contribution in [2.24, 2.45) is 0 Å². The van der Waals surface area contributed by atoms with E-state index in [-0.39, 0.29) is 11.9 Å². The standard InChI is InChI=1S/C21H25ClN8O2/c1-14-11-28(13-20-23-15(2)26-32-20)8-9-29(14)21(31)7-5-17-4-6-19(22)10-18(17)12-30-25-16(3)24-27-30/h4-7,10,14H,8-9,11-13H2,1-3H3/t14-/m1/s1. The molecule has 10 nitrogen and oxygen atoms in total. The molecule has 0 unspecified atom stereocenters. The number of tetrazole rings is 1. The van der Waals surface area contributed by atoms with Gasteiger partial charge in [0, 0.05) is 36.8 Å². The van der Waals surface area contributed by atoms with E-state index in [0.717, 1.165) is 24.2 Å². The molecule has 1 aliphatic rings. The van der Waals surface area contributed by atoms with Crippen LogP contribution < -0.4 is 0 Å². The second kappa shape index (κ2) is 9.58. The molecule has 11 heteroatoms. The van der Waals surface area contributed by atoms with Crippen LogP contribution >= 0.6 is 11.6 Å². The van der Waals surface area contributed by atoms with Gasteiger partial charge in [-0.05, 0) is 55.3 Å². The summed E-state index contributed by atoms with van der Waals surface area (Å²) in [5.41, 5.74) is 1.79.